The first-order chi connectivity index (χ1) is 14.7. The van der Waals surface area contributed by atoms with E-state index in [1.54, 1.807) is 5.57 Å². The van der Waals surface area contributed by atoms with Crippen LogP contribution in [0.3, 0.4) is 0 Å². The van der Waals surface area contributed by atoms with Crippen molar-refractivity contribution in [2.75, 3.05) is 0 Å². The number of hydrogen-bond donors (Lipinski definition) is 0. The molecule has 0 amide bonds. The van der Waals surface area contributed by atoms with Crippen LogP contribution < -0.4 is 0 Å². The van der Waals surface area contributed by atoms with E-state index in [0.29, 0.717) is 5.92 Å². The van der Waals surface area contributed by atoms with Crippen molar-refractivity contribution < 1.29 is 13.6 Å². The Bertz CT molecular complexity index is 843. The van der Waals surface area contributed by atoms with E-state index in [1.165, 1.54) is 37.7 Å². The van der Waals surface area contributed by atoms with Crippen LogP contribution in [0, 0.1) is 28.6 Å². The molecule has 0 unspecified atom stereocenters. The van der Waals surface area contributed by atoms with E-state index in [4.69, 9.17) is 8.85 Å². The van der Waals surface area contributed by atoms with E-state index in [9.17, 15) is 4.79 Å². The number of carbonyl (C=O) groups is 1. The average Bonchev–Trinajstić information content (AvgIpc) is 2.96. The molecular formula is C27H44O3Si2. The zero-order valence-corrected chi connectivity index (χ0v) is 23.6. The summed E-state index contributed by atoms with van der Waals surface area (Å²) in [5.41, 5.74) is 3.31. The molecule has 178 valence electrons. The van der Waals surface area contributed by atoms with Gasteiger partial charge in [-0.1, -0.05) is 31.1 Å². The molecule has 3 fully saturated rings. The molecule has 32 heavy (non-hydrogen) atoms. The Morgan fingerprint density at radius 1 is 0.969 bits per heavy atom. The highest BCUT2D eigenvalue weighted by atomic mass is 28.4. The van der Waals surface area contributed by atoms with Crippen molar-refractivity contribution in [3.8, 4) is 0 Å². The molecule has 0 aromatic rings. The van der Waals surface area contributed by atoms with Crippen LogP contribution in [0.2, 0.25) is 39.3 Å². The summed E-state index contributed by atoms with van der Waals surface area (Å²) in [5, 5.41) is 0. The molecule has 4 rings (SSSR count). The number of fused-ring (bicyclic) bond motifs is 5. The Morgan fingerprint density at radius 3 is 2.25 bits per heavy atom. The molecule has 0 bridgehead atoms. The number of hydrogen-bond acceptors (Lipinski definition) is 3. The van der Waals surface area contributed by atoms with Crippen molar-refractivity contribution in [3.05, 3.63) is 35.5 Å². The fourth-order valence-electron chi connectivity index (χ4n) is 7.27. The highest BCUT2D eigenvalue weighted by molar-refractivity contribution is 6.70. The summed E-state index contributed by atoms with van der Waals surface area (Å²) in [7, 11) is -3.42. The van der Waals surface area contributed by atoms with Crippen LogP contribution in [0.1, 0.15) is 52.4 Å². The predicted octanol–water partition coefficient (Wildman–Crippen LogP) is 7.25. The first kappa shape index (κ1) is 24.4. The van der Waals surface area contributed by atoms with Crippen molar-refractivity contribution in [2.24, 2.45) is 28.6 Å². The molecule has 3 nitrogen and oxygen atoms in total. The van der Waals surface area contributed by atoms with E-state index in [-0.39, 0.29) is 22.9 Å². The van der Waals surface area contributed by atoms with Gasteiger partial charge in [0.1, 0.15) is 0 Å². The molecule has 4 aliphatic carbocycles. The highest BCUT2D eigenvalue weighted by Gasteiger charge is 2.57. The minimum absolute atomic E-state index is 0.0784. The molecule has 0 aromatic carbocycles. The molecule has 0 spiro atoms. The van der Waals surface area contributed by atoms with Gasteiger partial charge in [-0.3, -0.25) is 4.79 Å². The van der Waals surface area contributed by atoms with Gasteiger partial charge < -0.3 is 8.85 Å². The van der Waals surface area contributed by atoms with E-state index in [0.717, 1.165) is 18.3 Å². The van der Waals surface area contributed by atoms with Gasteiger partial charge in [0, 0.05) is 5.41 Å². The van der Waals surface area contributed by atoms with Crippen LogP contribution in [-0.4, -0.2) is 28.7 Å². The average molecular weight is 473 g/mol. The zero-order valence-electron chi connectivity index (χ0n) is 21.6. The topological polar surface area (TPSA) is 35.5 Å². The molecule has 0 saturated heterocycles. The Morgan fingerprint density at radius 2 is 1.62 bits per heavy atom. The summed E-state index contributed by atoms with van der Waals surface area (Å²) in [5.74, 6) is 2.32. The number of rotatable bonds is 5. The third kappa shape index (κ3) is 4.60. The van der Waals surface area contributed by atoms with Crippen LogP contribution in [0.4, 0.5) is 0 Å². The van der Waals surface area contributed by atoms with Gasteiger partial charge in [0.25, 0.3) is 0 Å². The quantitative estimate of drug-likeness (QED) is 0.240. The first-order valence-corrected chi connectivity index (χ1v) is 19.5. The summed E-state index contributed by atoms with van der Waals surface area (Å²) in [6.45, 7) is 18.5. The number of ketones is 1. The highest BCUT2D eigenvalue weighted by Crippen LogP contribution is 2.65. The van der Waals surface area contributed by atoms with Crippen LogP contribution in [0.15, 0.2) is 35.5 Å². The maximum atomic E-state index is 12.0. The lowest BCUT2D eigenvalue weighted by Gasteiger charge is -2.56. The van der Waals surface area contributed by atoms with Gasteiger partial charge in [-0.05, 0) is 119 Å². The number of carbonyl (C=O) groups excluding carboxylic acids is 1. The summed E-state index contributed by atoms with van der Waals surface area (Å²) in [6, 6.07) is 0. The van der Waals surface area contributed by atoms with Crippen molar-refractivity contribution in [1.29, 1.82) is 0 Å². The fraction of sp³-hybridized carbons (Fsp3) is 0.741. The molecule has 0 aliphatic heterocycles. The molecule has 0 radical (unpaired) electrons. The Hall–Kier alpha value is -0.756. The second-order valence-corrected chi connectivity index (χ2v) is 22.0. The van der Waals surface area contributed by atoms with Crippen molar-refractivity contribution in [1.82, 2.24) is 0 Å². The standard InChI is InChI=1S/C27H44O3Si2/c1-26-15-13-21(28)17-19(26)9-11-22-23-12-10-20(27(23,2)16-14-24(22)26)18-25(29-31(3,4)5)30-32(6,7)8/h13,15,17-18,22-25H,9-12,14,16H2,1-8H3/t22-,23-,24-,26-,27+/m0/s1. The minimum atomic E-state index is -1.71. The SMILES string of the molecule is C[C@]12C=CC(=O)C=C1CC[C@@H]1[C@@H]2CC[C@]2(C)C(=CC(O[Si](C)(C)C)O[Si](C)(C)C)CC[C@@H]12. The van der Waals surface area contributed by atoms with Gasteiger partial charge in [-0.2, -0.15) is 0 Å². The number of allylic oxidation sites excluding steroid dienone is 5. The minimum Gasteiger partial charge on any atom is -0.391 e. The maximum absolute atomic E-state index is 12.0. The largest absolute Gasteiger partial charge is 0.391 e. The van der Waals surface area contributed by atoms with E-state index >= 15 is 0 Å². The molecule has 5 heteroatoms. The molecular weight excluding hydrogens is 428 g/mol. The smallest absolute Gasteiger partial charge is 0.187 e. The summed E-state index contributed by atoms with van der Waals surface area (Å²) in [4.78, 5) is 12.0. The van der Waals surface area contributed by atoms with Crippen LogP contribution in [0.5, 0.6) is 0 Å². The van der Waals surface area contributed by atoms with Crippen molar-refractivity contribution >= 4 is 22.4 Å². The predicted molar refractivity (Wildman–Crippen MR) is 137 cm³/mol. The Labute approximate surface area is 198 Å². The van der Waals surface area contributed by atoms with Crippen molar-refractivity contribution in [2.45, 2.75) is 97.9 Å². The van der Waals surface area contributed by atoms with Gasteiger partial charge >= 0.3 is 0 Å². The molecule has 3 saturated carbocycles. The normalized spacial score (nSPS) is 38.5. The van der Waals surface area contributed by atoms with Crippen LogP contribution in [-0.2, 0) is 13.6 Å². The molecule has 4 aliphatic rings. The third-order valence-corrected chi connectivity index (χ3v) is 10.6. The lowest BCUT2D eigenvalue weighted by atomic mass is 9.48. The van der Waals surface area contributed by atoms with Gasteiger partial charge in [0.15, 0.2) is 28.7 Å². The lowest BCUT2D eigenvalue weighted by molar-refractivity contribution is -0.111. The van der Waals surface area contributed by atoms with Crippen LogP contribution >= 0.6 is 0 Å². The van der Waals surface area contributed by atoms with Gasteiger partial charge in [0.2, 0.25) is 0 Å². The summed E-state index contributed by atoms with van der Waals surface area (Å²) >= 11 is 0. The molecule has 0 aromatic heterocycles. The van der Waals surface area contributed by atoms with E-state index in [1.807, 2.05) is 12.2 Å². The zero-order chi connectivity index (χ0) is 23.5. The second kappa shape index (κ2) is 8.18. The van der Waals surface area contributed by atoms with Gasteiger partial charge in [-0.15, -0.1) is 0 Å². The lowest BCUT2D eigenvalue weighted by Crippen LogP contribution is -2.48. The third-order valence-electron chi connectivity index (χ3n) is 8.68. The van der Waals surface area contributed by atoms with E-state index < -0.39 is 16.6 Å². The van der Waals surface area contributed by atoms with E-state index in [2.05, 4.69) is 65.3 Å². The molecule has 0 heterocycles. The summed E-state index contributed by atoms with van der Waals surface area (Å²) < 4.78 is 13.1. The van der Waals surface area contributed by atoms with Gasteiger partial charge in [0.05, 0.1) is 0 Å². The summed E-state index contributed by atoms with van der Waals surface area (Å²) in [6.07, 6.45) is 15.5. The fourth-order valence-corrected chi connectivity index (χ4v) is 8.99. The maximum Gasteiger partial charge on any atom is 0.187 e. The molecule has 5 atom stereocenters. The van der Waals surface area contributed by atoms with Gasteiger partial charge in [-0.25, -0.2) is 0 Å². The second-order valence-electron chi connectivity index (χ2n) is 13.1. The molecule has 0 N–H and O–H groups in total. The Kier molecular flexibility index (Phi) is 6.23. The first-order valence-electron chi connectivity index (χ1n) is 12.7. The van der Waals surface area contributed by atoms with Crippen LogP contribution in [0.25, 0.3) is 0 Å². The van der Waals surface area contributed by atoms with Crippen molar-refractivity contribution in [3.63, 3.8) is 0 Å². The Balaban J connectivity index is 1.60. The monoisotopic (exact) mass is 472 g/mol.